The number of hydrogen-bond acceptors (Lipinski definition) is 4. The highest BCUT2D eigenvalue weighted by Crippen LogP contribution is 2.17. The molecule has 1 amide bonds. The zero-order valence-electron chi connectivity index (χ0n) is 18.7. The lowest BCUT2D eigenvalue weighted by molar-refractivity contribution is 0.0691. The molecule has 3 aromatic carbocycles. The van der Waals surface area contributed by atoms with E-state index in [1.807, 2.05) is 12.1 Å². The zero-order valence-corrected chi connectivity index (χ0v) is 23.5. The van der Waals surface area contributed by atoms with E-state index in [0.717, 1.165) is 26.5 Å². The van der Waals surface area contributed by atoms with E-state index in [0.29, 0.717) is 8.95 Å². The largest absolute Gasteiger partial charge is 0.478 e. The van der Waals surface area contributed by atoms with E-state index in [9.17, 15) is 23.2 Å². The van der Waals surface area contributed by atoms with Gasteiger partial charge in [-0.25, -0.2) is 19.4 Å². The molecule has 8 nitrogen and oxygen atoms in total. The van der Waals surface area contributed by atoms with Gasteiger partial charge in [-0.1, -0.05) is 47.8 Å². The van der Waals surface area contributed by atoms with Gasteiger partial charge in [0.2, 0.25) is 0 Å². The van der Waals surface area contributed by atoms with Crippen molar-refractivity contribution in [3.63, 3.8) is 0 Å². The van der Waals surface area contributed by atoms with Crippen molar-refractivity contribution >= 4 is 70.6 Å². The van der Waals surface area contributed by atoms with Gasteiger partial charge in [-0.05, 0) is 54.6 Å². The Kier molecular flexibility index (Phi) is 10.5. The van der Waals surface area contributed by atoms with E-state index in [1.54, 1.807) is 19.2 Å². The summed E-state index contributed by atoms with van der Waals surface area (Å²) < 4.78 is 29.4. The molecule has 4 aromatic rings. The van der Waals surface area contributed by atoms with Gasteiger partial charge in [0, 0.05) is 27.5 Å². The number of fused-ring (bicyclic) bond motifs is 1. The summed E-state index contributed by atoms with van der Waals surface area (Å²) in [7, 11) is 3.07. The molecule has 0 radical (unpaired) electrons. The highest BCUT2D eigenvalue weighted by molar-refractivity contribution is 9.11. The summed E-state index contributed by atoms with van der Waals surface area (Å²) in [6.07, 6.45) is 0. The lowest BCUT2D eigenvalue weighted by atomic mass is 10.2. The first kappa shape index (κ1) is 29.4. The Bertz CT molecular complexity index is 1470. The molecule has 0 unspecified atom stereocenters. The second-order valence-corrected chi connectivity index (χ2v) is 9.88. The van der Waals surface area contributed by atoms with Crippen molar-refractivity contribution in [1.29, 1.82) is 0 Å². The number of hydrazine groups is 1. The summed E-state index contributed by atoms with van der Waals surface area (Å²) in [5.41, 5.74) is 0.524. The summed E-state index contributed by atoms with van der Waals surface area (Å²) in [6.45, 7) is 0. The number of benzene rings is 3. The zero-order chi connectivity index (χ0) is 27.2. The van der Waals surface area contributed by atoms with Crippen molar-refractivity contribution in [2.75, 3.05) is 7.05 Å². The van der Waals surface area contributed by atoms with E-state index >= 15 is 0 Å². The lowest BCUT2D eigenvalue weighted by Gasteiger charge is -2.10. The molecule has 1 heterocycles. The molecule has 0 bridgehead atoms. The van der Waals surface area contributed by atoms with Crippen LogP contribution < -0.4 is 11.4 Å². The number of carboxylic acid groups (broad SMARTS) is 1. The molecule has 0 fully saturated rings. The van der Waals surface area contributed by atoms with Gasteiger partial charge < -0.3 is 5.11 Å². The van der Waals surface area contributed by atoms with Crippen LogP contribution in [0.15, 0.2) is 72.8 Å². The molecule has 1 aromatic heterocycles. The topological polar surface area (TPSA) is 121 Å². The van der Waals surface area contributed by atoms with Crippen molar-refractivity contribution in [3.05, 3.63) is 101 Å². The van der Waals surface area contributed by atoms with Crippen molar-refractivity contribution in [3.8, 4) is 0 Å². The number of aromatic amines is 1. The number of rotatable bonds is 2. The van der Waals surface area contributed by atoms with Gasteiger partial charge in [0.1, 0.15) is 11.6 Å². The summed E-state index contributed by atoms with van der Waals surface area (Å²) in [6, 6.07) is 13.5. The Morgan fingerprint density at radius 1 is 0.917 bits per heavy atom. The normalized spacial score (nSPS) is 10.1. The molecule has 0 aliphatic carbocycles. The van der Waals surface area contributed by atoms with Gasteiger partial charge in [-0.15, -0.1) is 0 Å². The molecule has 4 N–H and O–H groups in total. The number of aromatic nitrogens is 2. The van der Waals surface area contributed by atoms with E-state index in [2.05, 4.69) is 52.9 Å². The number of carbonyl (C=O) groups excluding carboxylic acids is 1. The Labute approximate surface area is 229 Å². The third kappa shape index (κ3) is 7.82. The number of aryl methyl sites for hydroxylation is 1. The quantitative estimate of drug-likeness (QED) is 0.147. The van der Waals surface area contributed by atoms with Crippen LogP contribution >= 0.6 is 47.8 Å². The van der Waals surface area contributed by atoms with Crippen LogP contribution in [0.1, 0.15) is 20.7 Å². The minimum absolute atomic E-state index is 0.0116. The van der Waals surface area contributed by atoms with Crippen LogP contribution in [0.2, 0.25) is 0 Å². The summed E-state index contributed by atoms with van der Waals surface area (Å²) in [5, 5.41) is 12.9. The van der Waals surface area contributed by atoms with Crippen LogP contribution in [0, 0.1) is 11.6 Å². The first-order valence-electron chi connectivity index (χ1n) is 9.82. The van der Waals surface area contributed by atoms with Gasteiger partial charge in [0.15, 0.2) is 0 Å². The molecular weight excluding hydrogens is 674 g/mol. The molecule has 0 spiro atoms. The minimum atomic E-state index is -1.25. The number of carboxylic acids is 1. The molecular formula is C23H19Br3F2N4O4. The van der Waals surface area contributed by atoms with E-state index in [-0.39, 0.29) is 16.7 Å². The number of amides is 1. The number of nitrogens with one attached hydrogen (secondary N) is 1. The van der Waals surface area contributed by atoms with Gasteiger partial charge in [-0.2, -0.15) is 0 Å². The molecule has 0 saturated carbocycles. The van der Waals surface area contributed by atoms with E-state index in [4.69, 9.17) is 10.9 Å². The average Bonchev–Trinajstić information content (AvgIpc) is 3.06. The number of H-pyrrole nitrogens is 1. The van der Waals surface area contributed by atoms with E-state index in [1.165, 1.54) is 36.0 Å². The molecule has 0 aliphatic rings. The smallest absolute Gasteiger partial charge is 0.338 e. The SMILES string of the molecule is CN(N)C(=O)c1ccc(Br)cc1F.Cn1[nH]c2cc(Br)ccc2c1=O.O=C(O)c1ccc(Br)cc1F. The van der Waals surface area contributed by atoms with Crippen molar-refractivity contribution in [2.24, 2.45) is 12.9 Å². The highest BCUT2D eigenvalue weighted by Gasteiger charge is 2.13. The second kappa shape index (κ2) is 12.9. The second-order valence-electron chi connectivity index (χ2n) is 7.14. The molecule has 190 valence electrons. The van der Waals surface area contributed by atoms with Crippen LogP contribution in [0.4, 0.5) is 8.78 Å². The maximum absolute atomic E-state index is 13.1. The first-order valence-corrected chi connectivity index (χ1v) is 12.2. The molecule has 36 heavy (non-hydrogen) atoms. The molecule has 0 atom stereocenters. The standard InChI is InChI=1S/C8H8BrFN2O.C8H7BrN2O.C7H4BrFO2/c1-12(11)8(13)6-3-2-5(9)4-7(6)10;1-11-8(12)6-3-2-5(9)4-7(6)10-11;8-4-1-2-5(7(10)11)6(9)3-4/h2-4H,11H2,1H3;2-4,10H,1H3;1-3H,(H,10,11). The third-order valence-corrected chi connectivity index (χ3v) is 5.93. The number of aromatic carboxylic acids is 1. The van der Waals surface area contributed by atoms with Gasteiger partial charge in [0.05, 0.1) is 22.0 Å². The fourth-order valence-corrected chi connectivity index (χ4v) is 3.75. The molecule has 4 rings (SSSR count). The lowest BCUT2D eigenvalue weighted by Crippen LogP contribution is -2.33. The predicted octanol–water partition coefficient (Wildman–Crippen LogP) is 5.45. The minimum Gasteiger partial charge on any atom is -0.478 e. The van der Waals surface area contributed by atoms with Crippen molar-refractivity contribution < 1.29 is 23.5 Å². The summed E-state index contributed by atoms with van der Waals surface area (Å²) in [5.74, 6) is 2.06. The van der Waals surface area contributed by atoms with Gasteiger partial charge in [0.25, 0.3) is 11.5 Å². The molecule has 13 heteroatoms. The first-order chi connectivity index (χ1) is 16.8. The predicted molar refractivity (Wildman–Crippen MR) is 143 cm³/mol. The number of halogens is 5. The molecule has 0 saturated heterocycles. The fourth-order valence-electron chi connectivity index (χ4n) is 2.72. The Morgan fingerprint density at radius 2 is 1.39 bits per heavy atom. The number of carbonyl (C=O) groups is 2. The highest BCUT2D eigenvalue weighted by atomic mass is 79.9. The van der Waals surface area contributed by atoms with Crippen molar-refractivity contribution in [2.45, 2.75) is 0 Å². The number of nitrogens with zero attached hydrogens (tertiary/aromatic N) is 2. The Balaban J connectivity index is 0.000000191. The van der Waals surface area contributed by atoms with Crippen molar-refractivity contribution in [1.82, 2.24) is 14.8 Å². The van der Waals surface area contributed by atoms with E-state index < -0.39 is 23.5 Å². The number of hydrogen-bond donors (Lipinski definition) is 3. The fraction of sp³-hybridized carbons (Fsp3) is 0.0870. The van der Waals surface area contributed by atoms with Gasteiger partial charge >= 0.3 is 5.97 Å². The van der Waals surface area contributed by atoms with Gasteiger partial charge in [-0.3, -0.25) is 24.4 Å². The number of nitrogens with two attached hydrogens (primary N) is 1. The van der Waals surface area contributed by atoms with Crippen LogP contribution in [-0.4, -0.2) is 38.8 Å². The summed E-state index contributed by atoms with van der Waals surface area (Å²) in [4.78, 5) is 32.9. The third-order valence-electron chi connectivity index (χ3n) is 4.45. The Hall–Kier alpha value is -2.87. The van der Waals surface area contributed by atoms with Crippen LogP contribution in [-0.2, 0) is 7.05 Å². The van der Waals surface area contributed by atoms with Crippen LogP contribution in [0.25, 0.3) is 10.9 Å². The Morgan fingerprint density at radius 3 is 1.86 bits per heavy atom. The van der Waals surface area contributed by atoms with Crippen LogP contribution in [0.3, 0.4) is 0 Å². The average molecular weight is 693 g/mol. The maximum Gasteiger partial charge on any atom is 0.338 e. The molecule has 0 aliphatic heterocycles. The monoisotopic (exact) mass is 690 g/mol. The maximum atomic E-state index is 13.1. The van der Waals surface area contributed by atoms with Crippen LogP contribution in [0.5, 0.6) is 0 Å². The summed E-state index contributed by atoms with van der Waals surface area (Å²) >= 11 is 9.43.